The first-order valence-corrected chi connectivity index (χ1v) is 13.8. The minimum Gasteiger partial charge on any atom is -0.493 e. The van der Waals surface area contributed by atoms with E-state index in [-0.39, 0.29) is 11.5 Å². The number of nitrogens with one attached hydrogen (secondary N) is 1. The van der Waals surface area contributed by atoms with Gasteiger partial charge in [-0.25, -0.2) is 9.11 Å². The number of hydrogen-bond acceptors (Lipinski definition) is 4. The maximum absolute atomic E-state index is 14.1. The number of amides is 1. The molecule has 40 heavy (non-hydrogen) atoms. The average molecular weight is 570 g/mol. The predicted octanol–water partition coefficient (Wildman–Crippen LogP) is 6.53. The smallest absolute Gasteiger partial charge is 0.493 e. The molecule has 206 valence electrons. The Hall–Kier alpha value is -4.18. The second-order valence-corrected chi connectivity index (χ2v) is 11.2. The molecule has 1 heterocycles. The second kappa shape index (κ2) is 10.8. The zero-order chi connectivity index (χ0) is 28.5. The van der Waals surface area contributed by atoms with E-state index in [2.05, 4.69) is 36.4 Å². The number of alkyl halides is 3. The summed E-state index contributed by atoms with van der Waals surface area (Å²) in [6.07, 6.45) is 1.49. The molecule has 10 heteroatoms. The number of ether oxygens (including phenoxy) is 1. The lowest BCUT2D eigenvalue weighted by atomic mass is 9.89. The third kappa shape index (κ3) is 5.86. The van der Waals surface area contributed by atoms with Crippen LogP contribution in [0.4, 0.5) is 17.6 Å². The van der Waals surface area contributed by atoms with Gasteiger partial charge in [0.2, 0.25) is 0 Å². The van der Waals surface area contributed by atoms with Crippen LogP contribution in [0.15, 0.2) is 91.0 Å². The molecule has 0 saturated heterocycles. The summed E-state index contributed by atoms with van der Waals surface area (Å²) in [5, 5.41) is 0. The Labute approximate surface area is 228 Å². The molecule has 1 amide bonds. The summed E-state index contributed by atoms with van der Waals surface area (Å²) in [6, 6.07) is 26.1. The molecule has 0 fully saturated rings. The zero-order valence-electron chi connectivity index (χ0n) is 20.9. The van der Waals surface area contributed by atoms with Crippen molar-refractivity contribution in [3.05, 3.63) is 114 Å². The van der Waals surface area contributed by atoms with Crippen molar-refractivity contribution in [1.29, 1.82) is 0 Å². The first-order valence-electron chi connectivity index (χ1n) is 12.3. The van der Waals surface area contributed by atoms with Gasteiger partial charge in [0.15, 0.2) is 0 Å². The Kier molecular flexibility index (Phi) is 7.37. The lowest BCUT2D eigenvalue weighted by molar-refractivity contribution is -0.0446. The van der Waals surface area contributed by atoms with Crippen LogP contribution >= 0.6 is 0 Å². The molecule has 0 aromatic heterocycles. The van der Waals surface area contributed by atoms with E-state index in [1.165, 1.54) is 0 Å². The molecule has 0 radical (unpaired) electrons. The topological polar surface area (TPSA) is 72.5 Å². The fourth-order valence-electron chi connectivity index (χ4n) is 4.72. The van der Waals surface area contributed by atoms with Crippen LogP contribution in [0.1, 0.15) is 21.5 Å². The van der Waals surface area contributed by atoms with E-state index in [9.17, 15) is 30.8 Å². The number of benzene rings is 4. The zero-order valence-corrected chi connectivity index (χ0v) is 21.7. The SMILES string of the molecule is O=C(NS(=O)(=O)C(F)(F)F)c1ccc(F)cc1-c1ccc2c(c1)OC[C@@H](Cc1ccc(-c3ccccc3)cc1)C2. The summed E-state index contributed by atoms with van der Waals surface area (Å²) in [7, 11) is -5.94. The van der Waals surface area contributed by atoms with Crippen LogP contribution in [-0.4, -0.2) is 26.4 Å². The second-order valence-electron chi connectivity index (χ2n) is 9.54. The van der Waals surface area contributed by atoms with Crippen molar-refractivity contribution in [3.63, 3.8) is 0 Å². The lowest BCUT2D eigenvalue weighted by Crippen LogP contribution is -2.40. The van der Waals surface area contributed by atoms with Crippen LogP contribution in [0.2, 0.25) is 0 Å². The van der Waals surface area contributed by atoms with E-state index in [0.29, 0.717) is 24.3 Å². The molecule has 0 bridgehead atoms. The number of carbonyl (C=O) groups excluding carboxylic acids is 1. The quantitative estimate of drug-likeness (QED) is 0.268. The number of sulfonamides is 1. The molecule has 1 aliphatic heterocycles. The maximum Gasteiger partial charge on any atom is 0.516 e. The maximum atomic E-state index is 14.1. The van der Waals surface area contributed by atoms with Crippen LogP contribution in [0, 0.1) is 11.7 Å². The van der Waals surface area contributed by atoms with E-state index >= 15 is 0 Å². The molecule has 0 saturated carbocycles. The molecule has 1 N–H and O–H groups in total. The van der Waals surface area contributed by atoms with Gasteiger partial charge in [-0.1, -0.05) is 66.7 Å². The number of fused-ring (bicyclic) bond motifs is 1. The molecule has 0 aliphatic carbocycles. The number of halogens is 4. The van der Waals surface area contributed by atoms with Gasteiger partial charge < -0.3 is 4.74 Å². The molecule has 0 spiro atoms. The summed E-state index contributed by atoms with van der Waals surface area (Å²) < 4.78 is 82.2. The van der Waals surface area contributed by atoms with Crippen molar-refractivity contribution in [2.45, 2.75) is 18.3 Å². The predicted molar refractivity (Wildman–Crippen MR) is 143 cm³/mol. The first kappa shape index (κ1) is 27.4. The molecule has 5 rings (SSSR count). The Bertz CT molecular complexity index is 1650. The number of carbonyl (C=O) groups is 1. The molecule has 4 aromatic carbocycles. The Balaban J connectivity index is 1.33. The molecule has 1 aliphatic rings. The summed E-state index contributed by atoms with van der Waals surface area (Å²) >= 11 is 0. The fraction of sp³-hybridized carbons (Fsp3) is 0.167. The van der Waals surface area contributed by atoms with Gasteiger partial charge >= 0.3 is 15.5 Å². The van der Waals surface area contributed by atoms with E-state index in [4.69, 9.17) is 4.74 Å². The highest BCUT2D eigenvalue weighted by Crippen LogP contribution is 2.35. The summed E-state index contributed by atoms with van der Waals surface area (Å²) in [4.78, 5) is 12.5. The van der Waals surface area contributed by atoms with Crippen molar-refractivity contribution in [3.8, 4) is 28.0 Å². The Morgan fingerprint density at radius 1 is 0.875 bits per heavy atom. The van der Waals surface area contributed by atoms with Gasteiger partial charge in [-0.2, -0.15) is 21.6 Å². The van der Waals surface area contributed by atoms with Crippen LogP contribution in [0.5, 0.6) is 5.75 Å². The van der Waals surface area contributed by atoms with Crippen molar-refractivity contribution >= 4 is 15.9 Å². The average Bonchev–Trinajstić information content (AvgIpc) is 2.92. The third-order valence-electron chi connectivity index (χ3n) is 6.70. The summed E-state index contributed by atoms with van der Waals surface area (Å²) in [5.41, 5.74) is -1.56. The van der Waals surface area contributed by atoms with E-state index in [0.717, 1.165) is 51.6 Å². The van der Waals surface area contributed by atoms with Gasteiger partial charge in [0, 0.05) is 11.5 Å². The molecule has 1 atom stereocenters. The Morgan fingerprint density at radius 2 is 1.55 bits per heavy atom. The number of hydrogen-bond donors (Lipinski definition) is 1. The van der Waals surface area contributed by atoms with Crippen LogP contribution in [0.25, 0.3) is 22.3 Å². The standard InChI is InChI=1S/C30H23F4NO4S/c31-25-12-13-26(29(36)35-40(37,38)30(32,33)34)27(17-25)23-10-11-24-15-20(18-39-28(24)16-23)14-19-6-8-22(9-7-19)21-4-2-1-3-5-21/h1-13,16-17,20H,14-15,18H2,(H,35,36)/t20-/m0/s1. The van der Waals surface area contributed by atoms with Crippen molar-refractivity contribution in [2.24, 2.45) is 5.92 Å². The molecule has 5 nitrogen and oxygen atoms in total. The van der Waals surface area contributed by atoms with Crippen LogP contribution in [0.3, 0.4) is 0 Å². The molecule has 4 aromatic rings. The molecular formula is C30H23F4NO4S. The summed E-state index contributed by atoms with van der Waals surface area (Å²) in [6.45, 7) is 0.414. The monoisotopic (exact) mass is 569 g/mol. The summed E-state index contributed by atoms with van der Waals surface area (Å²) in [5.74, 6) is -1.57. The van der Waals surface area contributed by atoms with E-state index in [1.54, 1.807) is 18.2 Å². The van der Waals surface area contributed by atoms with Gasteiger partial charge in [-0.3, -0.25) is 4.79 Å². The van der Waals surface area contributed by atoms with Gasteiger partial charge in [-0.15, -0.1) is 0 Å². The van der Waals surface area contributed by atoms with Crippen LogP contribution in [-0.2, 0) is 22.9 Å². The van der Waals surface area contributed by atoms with Gasteiger partial charge in [0.25, 0.3) is 5.91 Å². The minimum absolute atomic E-state index is 0.0677. The highest BCUT2D eigenvalue weighted by Gasteiger charge is 2.47. The molecular weight excluding hydrogens is 546 g/mol. The van der Waals surface area contributed by atoms with Gasteiger partial charge in [-0.05, 0) is 70.5 Å². The van der Waals surface area contributed by atoms with Crippen molar-refractivity contribution in [1.82, 2.24) is 4.72 Å². The normalized spacial score (nSPS) is 15.2. The number of rotatable bonds is 6. The minimum atomic E-state index is -5.94. The lowest BCUT2D eigenvalue weighted by Gasteiger charge is -2.26. The van der Waals surface area contributed by atoms with E-state index < -0.39 is 32.8 Å². The van der Waals surface area contributed by atoms with Crippen molar-refractivity contribution in [2.75, 3.05) is 6.61 Å². The van der Waals surface area contributed by atoms with Crippen LogP contribution < -0.4 is 9.46 Å². The van der Waals surface area contributed by atoms with Gasteiger partial charge in [0.05, 0.1) is 6.61 Å². The largest absolute Gasteiger partial charge is 0.516 e. The molecule has 0 unspecified atom stereocenters. The van der Waals surface area contributed by atoms with Gasteiger partial charge in [0.1, 0.15) is 11.6 Å². The highest BCUT2D eigenvalue weighted by atomic mass is 32.2. The highest BCUT2D eigenvalue weighted by molar-refractivity contribution is 7.90. The van der Waals surface area contributed by atoms with Crippen molar-refractivity contribution < 1.29 is 35.5 Å². The third-order valence-corrected chi connectivity index (χ3v) is 7.77. The Morgan fingerprint density at radius 3 is 2.25 bits per heavy atom. The van der Waals surface area contributed by atoms with E-state index in [1.807, 2.05) is 18.2 Å². The first-order chi connectivity index (χ1) is 19.0. The fourth-order valence-corrected chi connectivity index (χ4v) is 5.19.